The van der Waals surface area contributed by atoms with Crippen molar-refractivity contribution in [1.82, 2.24) is 9.55 Å². The maximum Gasteiger partial charge on any atom is 0.275 e. The maximum atomic E-state index is 13.2. The van der Waals surface area contributed by atoms with Crippen molar-refractivity contribution in [1.29, 1.82) is 0 Å². The summed E-state index contributed by atoms with van der Waals surface area (Å²) in [7, 11) is 1.61. The first kappa shape index (κ1) is 20.1. The molecule has 0 bridgehead atoms. The first-order chi connectivity index (χ1) is 15.1. The lowest BCUT2D eigenvalue weighted by Gasteiger charge is -2.13. The number of rotatable bonds is 7. The second kappa shape index (κ2) is 8.36. The Labute approximate surface area is 188 Å². The topological polar surface area (TPSA) is 53.4 Å². The minimum absolute atomic E-state index is 0.111. The van der Waals surface area contributed by atoms with Crippen LogP contribution in [0.3, 0.4) is 0 Å². The normalized spacial score (nSPS) is 13.5. The number of hydrogen-bond donors (Lipinski definition) is 0. The fourth-order valence-electron chi connectivity index (χ4n) is 3.52. The van der Waals surface area contributed by atoms with Crippen molar-refractivity contribution in [2.75, 3.05) is 13.7 Å². The molecule has 2 aromatic carbocycles. The van der Waals surface area contributed by atoms with Gasteiger partial charge in [-0.15, -0.1) is 11.3 Å². The third-order valence-electron chi connectivity index (χ3n) is 5.47. The first-order valence-electron chi connectivity index (χ1n) is 10.2. The Hall–Kier alpha value is -2.83. The molecule has 158 valence electrons. The average Bonchev–Trinajstić information content (AvgIpc) is 3.50. The summed E-state index contributed by atoms with van der Waals surface area (Å²) in [6.07, 6.45) is 5.24. The summed E-state index contributed by atoms with van der Waals surface area (Å²) >= 11 is 7.42. The summed E-state index contributed by atoms with van der Waals surface area (Å²) in [6.45, 7) is 0.677. The van der Waals surface area contributed by atoms with Crippen molar-refractivity contribution < 1.29 is 9.47 Å². The third kappa shape index (κ3) is 4.18. The highest BCUT2D eigenvalue weighted by atomic mass is 35.5. The van der Waals surface area contributed by atoms with Gasteiger partial charge in [0, 0.05) is 16.0 Å². The molecule has 7 heteroatoms. The van der Waals surface area contributed by atoms with E-state index < -0.39 is 0 Å². The second-order valence-electron chi connectivity index (χ2n) is 7.67. The molecule has 0 saturated heterocycles. The quantitative estimate of drug-likeness (QED) is 0.347. The number of ether oxygens (including phenoxy) is 2. The summed E-state index contributed by atoms with van der Waals surface area (Å²) in [4.78, 5) is 18.7. The second-order valence-corrected chi connectivity index (χ2v) is 9.16. The van der Waals surface area contributed by atoms with Crippen molar-refractivity contribution in [2.24, 2.45) is 5.92 Å². The molecule has 5 nitrogen and oxygen atoms in total. The van der Waals surface area contributed by atoms with Crippen LogP contribution in [0.1, 0.15) is 19.3 Å². The Bertz CT molecular complexity index is 1290. The molecule has 4 aromatic rings. The van der Waals surface area contributed by atoms with E-state index in [4.69, 9.17) is 21.1 Å². The fraction of sp³-hybridized carbons (Fsp3) is 0.250. The molecule has 31 heavy (non-hydrogen) atoms. The lowest BCUT2D eigenvalue weighted by molar-refractivity contribution is 0.283. The molecule has 5 rings (SSSR count). The number of thiophene rings is 1. The van der Waals surface area contributed by atoms with Crippen molar-refractivity contribution in [3.8, 4) is 27.6 Å². The van der Waals surface area contributed by atoms with E-state index in [2.05, 4.69) is 4.98 Å². The van der Waals surface area contributed by atoms with E-state index in [-0.39, 0.29) is 5.56 Å². The highest BCUT2D eigenvalue weighted by Crippen LogP contribution is 2.35. The van der Waals surface area contributed by atoms with Gasteiger partial charge in [0.1, 0.15) is 11.0 Å². The predicted octanol–water partition coefficient (Wildman–Crippen LogP) is 5.96. The molecule has 1 aliphatic rings. The average molecular weight is 453 g/mol. The zero-order valence-corrected chi connectivity index (χ0v) is 18.6. The van der Waals surface area contributed by atoms with Crippen LogP contribution >= 0.6 is 22.9 Å². The van der Waals surface area contributed by atoms with E-state index in [9.17, 15) is 4.79 Å². The lowest BCUT2D eigenvalue weighted by atomic mass is 10.2. The van der Waals surface area contributed by atoms with Gasteiger partial charge in [0.05, 0.1) is 24.9 Å². The molecular formula is C24H21ClN2O3S. The number of fused-ring (bicyclic) bond motifs is 1. The number of methoxy groups -OCH3 is 1. The van der Waals surface area contributed by atoms with Gasteiger partial charge in [0.25, 0.3) is 5.56 Å². The van der Waals surface area contributed by atoms with Gasteiger partial charge in [-0.1, -0.05) is 36.6 Å². The summed E-state index contributed by atoms with van der Waals surface area (Å²) in [5, 5.41) is 0.680. The van der Waals surface area contributed by atoms with Gasteiger partial charge in [-0.3, -0.25) is 9.36 Å². The lowest BCUT2D eigenvalue weighted by Crippen LogP contribution is -2.17. The van der Waals surface area contributed by atoms with Gasteiger partial charge >= 0.3 is 0 Å². The molecule has 0 atom stereocenters. The number of benzene rings is 2. The monoisotopic (exact) mass is 452 g/mol. The number of aromatic nitrogens is 2. The van der Waals surface area contributed by atoms with Crippen LogP contribution in [0.5, 0.6) is 11.5 Å². The van der Waals surface area contributed by atoms with Crippen molar-refractivity contribution in [3.05, 3.63) is 70.2 Å². The molecule has 2 heterocycles. The van der Waals surface area contributed by atoms with Crippen LogP contribution in [0.4, 0.5) is 0 Å². The maximum absolute atomic E-state index is 13.2. The number of halogens is 1. The molecular weight excluding hydrogens is 432 g/mol. The summed E-state index contributed by atoms with van der Waals surface area (Å²) in [5.74, 6) is 2.11. The van der Waals surface area contributed by atoms with E-state index in [1.165, 1.54) is 24.2 Å². The number of hydrogen-bond acceptors (Lipinski definition) is 5. The summed E-state index contributed by atoms with van der Waals surface area (Å²) < 4.78 is 13.6. The zero-order chi connectivity index (χ0) is 21.4. The smallest absolute Gasteiger partial charge is 0.275 e. The predicted molar refractivity (Wildman–Crippen MR) is 125 cm³/mol. The molecule has 1 saturated carbocycles. The van der Waals surface area contributed by atoms with Crippen LogP contribution in [0, 0.1) is 5.92 Å². The van der Waals surface area contributed by atoms with Crippen LogP contribution in [-0.4, -0.2) is 23.3 Å². The van der Waals surface area contributed by atoms with Crippen molar-refractivity contribution in [3.63, 3.8) is 0 Å². The Balaban J connectivity index is 1.47. The van der Waals surface area contributed by atoms with Gasteiger partial charge in [0.15, 0.2) is 11.5 Å². The third-order valence-corrected chi connectivity index (χ3v) is 6.89. The highest BCUT2D eigenvalue weighted by Gasteiger charge is 2.21. The van der Waals surface area contributed by atoms with Crippen LogP contribution < -0.4 is 15.0 Å². The first-order valence-corrected chi connectivity index (χ1v) is 11.4. The molecule has 0 aliphatic heterocycles. The molecule has 1 fully saturated rings. The molecule has 0 radical (unpaired) electrons. The van der Waals surface area contributed by atoms with Gasteiger partial charge in [-0.05, 0) is 48.2 Å². The van der Waals surface area contributed by atoms with Gasteiger partial charge in [-0.2, -0.15) is 0 Å². The highest BCUT2D eigenvalue weighted by molar-refractivity contribution is 7.22. The Kier molecular flexibility index (Phi) is 5.42. The minimum atomic E-state index is -0.111. The van der Waals surface area contributed by atoms with Gasteiger partial charge in [0.2, 0.25) is 0 Å². The Morgan fingerprint density at radius 3 is 2.68 bits per heavy atom. The summed E-state index contributed by atoms with van der Waals surface area (Å²) in [5.41, 5.74) is 2.27. The Morgan fingerprint density at radius 1 is 1.13 bits per heavy atom. The minimum Gasteiger partial charge on any atom is -0.493 e. The van der Waals surface area contributed by atoms with Crippen LogP contribution in [-0.2, 0) is 0 Å². The van der Waals surface area contributed by atoms with Crippen molar-refractivity contribution in [2.45, 2.75) is 19.3 Å². The van der Waals surface area contributed by atoms with Crippen LogP contribution in [0.25, 0.3) is 26.3 Å². The molecule has 0 unspecified atom stereocenters. The van der Waals surface area contributed by atoms with Crippen molar-refractivity contribution >= 4 is 33.2 Å². The van der Waals surface area contributed by atoms with E-state index in [0.29, 0.717) is 39.0 Å². The van der Waals surface area contributed by atoms with Gasteiger partial charge in [-0.25, -0.2) is 4.98 Å². The summed E-state index contributed by atoms with van der Waals surface area (Å²) in [6, 6.07) is 15.0. The van der Waals surface area contributed by atoms with Crippen LogP contribution in [0.15, 0.2) is 59.7 Å². The largest absolute Gasteiger partial charge is 0.493 e. The Morgan fingerprint density at radius 2 is 1.94 bits per heavy atom. The molecule has 0 spiro atoms. The zero-order valence-electron chi connectivity index (χ0n) is 17.0. The standard InChI is InChI=1S/C24H21ClN2O3S/c1-29-21-12-18(8-9-20(21)30-11-10-15-2-3-15)27-14-26-19-13-22(31-23(19)24(27)28)16-4-6-17(25)7-5-16/h4-9,12-15H,2-3,10-11H2,1H3. The number of nitrogens with zero attached hydrogens (tertiary/aromatic N) is 2. The van der Waals surface area contributed by atoms with E-state index in [0.717, 1.165) is 22.8 Å². The molecule has 0 amide bonds. The molecule has 0 N–H and O–H groups in total. The SMILES string of the molecule is COc1cc(-n2cnc3cc(-c4ccc(Cl)cc4)sc3c2=O)ccc1OCCC1CC1. The molecule has 2 aromatic heterocycles. The fourth-order valence-corrected chi connectivity index (χ4v) is 4.69. The molecule has 1 aliphatic carbocycles. The van der Waals surface area contributed by atoms with Crippen LogP contribution in [0.2, 0.25) is 5.02 Å². The van der Waals surface area contributed by atoms with Gasteiger partial charge < -0.3 is 9.47 Å². The van der Waals surface area contributed by atoms with E-state index >= 15 is 0 Å². The van der Waals surface area contributed by atoms with E-state index in [1.54, 1.807) is 18.0 Å². The van der Waals surface area contributed by atoms with E-state index in [1.807, 2.05) is 48.5 Å².